The lowest BCUT2D eigenvalue weighted by molar-refractivity contribution is 0.357. The lowest BCUT2D eigenvalue weighted by atomic mass is 10.00. The highest BCUT2D eigenvalue weighted by Gasteiger charge is 2.23. The zero-order chi connectivity index (χ0) is 11.9. The van der Waals surface area contributed by atoms with Crippen LogP contribution in [0.1, 0.15) is 22.7 Å². The van der Waals surface area contributed by atoms with Crippen LogP contribution in [0.15, 0.2) is 42.5 Å². The van der Waals surface area contributed by atoms with Crippen LogP contribution in [-0.2, 0) is 12.8 Å². The second-order valence-electron chi connectivity index (χ2n) is 5.02. The van der Waals surface area contributed by atoms with Crippen molar-refractivity contribution in [1.82, 2.24) is 0 Å². The van der Waals surface area contributed by atoms with Crippen LogP contribution in [0.2, 0.25) is 0 Å². The predicted octanol–water partition coefficient (Wildman–Crippen LogP) is 3.33. The summed E-state index contributed by atoms with van der Waals surface area (Å²) in [4.78, 5) is 0. The third-order valence-corrected chi connectivity index (χ3v) is 3.89. The van der Waals surface area contributed by atoms with Gasteiger partial charge in [-0.2, -0.15) is 0 Å². The summed E-state index contributed by atoms with van der Waals surface area (Å²) in [5.74, 6) is 1.06. The van der Waals surface area contributed by atoms with Gasteiger partial charge >= 0.3 is 0 Å². The number of para-hydroxylation sites is 1. The Hall–Kier alpha value is -1.96. The fraction of sp³-hybridized carbons (Fsp3) is 0.250. The summed E-state index contributed by atoms with van der Waals surface area (Å²) in [7, 11) is 0. The van der Waals surface area contributed by atoms with E-state index in [9.17, 15) is 0 Å². The standard InChI is InChI=1S/C16H15NO/c1-2-4-14-11(3-1)10-15(17-14)12-5-6-16-13(9-12)7-8-18-16/h1-6,9,15,17H,7-8,10H2. The molecule has 0 bridgehead atoms. The van der Waals surface area contributed by atoms with Gasteiger partial charge in [0.2, 0.25) is 0 Å². The van der Waals surface area contributed by atoms with E-state index in [1.165, 1.54) is 22.4 Å². The van der Waals surface area contributed by atoms with Crippen molar-refractivity contribution in [2.45, 2.75) is 18.9 Å². The smallest absolute Gasteiger partial charge is 0.122 e. The molecule has 0 aliphatic carbocycles. The molecule has 2 aliphatic rings. The summed E-state index contributed by atoms with van der Waals surface area (Å²) in [6, 6.07) is 15.6. The van der Waals surface area contributed by atoms with Crippen molar-refractivity contribution >= 4 is 5.69 Å². The SMILES string of the molecule is c1ccc2c(c1)CC(c1ccc3c(c1)CCO3)N2. The summed E-state index contributed by atoms with van der Waals surface area (Å²) in [6.45, 7) is 0.830. The zero-order valence-corrected chi connectivity index (χ0v) is 10.1. The van der Waals surface area contributed by atoms with Crippen LogP contribution in [-0.4, -0.2) is 6.61 Å². The molecule has 2 aromatic carbocycles. The lowest BCUT2D eigenvalue weighted by Crippen LogP contribution is -2.05. The van der Waals surface area contributed by atoms with Crippen molar-refractivity contribution in [1.29, 1.82) is 0 Å². The van der Waals surface area contributed by atoms with Gasteiger partial charge < -0.3 is 10.1 Å². The Kier molecular flexibility index (Phi) is 2.10. The fourth-order valence-corrected chi connectivity index (χ4v) is 2.92. The zero-order valence-electron chi connectivity index (χ0n) is 10.1. The van der Waals surface area contributed by atoms with Gasteiger partial charge in [-0.05, 0) is 41.3 Å². The molecule has 0 radical (unpaired) electrons. The highest BCUT2D eigenvalue weighted by molar-refractivity contribution is 5.58. The van der Waals surface area contributed by atoms with Crippen LogP contribution >= 0.6 is 0 Å². The number of hydrogen-bond acceptors (Lipinski definition) is 2. The molecule has 0 aromatic heterocycles. The van der Waals surface area contributed by atoms with E-state index in [1.807, 2.05) is 0 Å². The highest BCUT2D eigenvalue weighted by atomic mass is 16.5. The largest absolute Gasteiger partial charge is 0.493 e. The molecule has 1 unspecified atom stereocenters. The maximum Gasteiger partial charge on any atom is 0.122 e. The van der Waals surface area contributed by atoms with Crippen molar-refractivity contribution in [3.63, 3.8) is 0 Å². The molecule has 0 fully saturated rings. The van der Waals surface area contributed by atoms with E-state index in [2.05, 4.69) is 47.8 Å². The summed E-state index contributed by atoms with van der Waals surface area (Å²) >= 11 is 0. The second kappa shape index (κ2) is 3.77. The van der Waals surface area contributed by atoms with E-state index in [1.54, 1.807) is 0 Å². The Bertz CT molecular complexity index is 581. The van der Waals surface area contributed by atoms with Gasteiger partial charge in [-0.3, -0.25) is 0 Å². The molecule has 18 heavy (non-hydrogen) atoms. The quantitative estimate of drug-likeness (QED) is 0.821. The Morgan fingerprint density at radius 1 is 1.06 bits per heavy atom. The molecule has 2 aromatic rings. The van der Waals surface area contributed by atoms with Crippen molar-refractivity contribution in [3.05, 3.63) is 59.2 Å². The van der Waals surface area contributed by atoms with Gasteiger partial charge in [-0.1, -0.05) is 24.3 Å². The number of fused-ring (bicyclic) bond motifs is 2. The normalized spacial score (nSPS) is 19.9. The van der Waals surface area contributed by atoms with Gasteiger partial charge in [0.15, 0.2) is 0 Å². The summed E-state index contributed by atoms with van der Waals surface area (Å²) in [6.07, 6.45) is 2.12. The average Bonchev–Trinajstić information content (AvgIpc) is 3.04. The molecule has 2 heteroatoms. The Morgan fingerprint density at radius 3 is 2.94 bits per heavy atom. The van der Waals surface area contributed by atoms with E-state index in [0.29, 0.717) is 6.04 Å². The van der Waals surface area contributed by atoms with Gasteiger partial charge in [0.05, 0.1) is 12.6 Å². The lowest BCUT2D eigenvalue weighted by Gasteiger charge is -2.12. The van der Waals surface area contributed by atoms with Crippen LogP contribution in [0, 0.1) is 0 Å². The van der Waals surface area contributed by atoms with Crippen LogP contribution in [0.5, 0.6) is 5.75 Å². The minimum Gasteiger partial charge on any atom is -0.493 e. The van der Waals surface area contributed by atoms with Gasteiger partial charge in [-0.15, -0.1) is 0 Å². The van der Waals surface area contributed by atoms with Crippen molar-refractivity contribution < 1.29 is 4.74 Å². The van der Waals surface area contributed by atoms with Crippen LogP contribution < -0.4 is 10.1 Å². The van der Waals surface area contributed by atoms with Crippen molar-refractivity contribution in [2.24, 2.45) is 0 Å². The number of hydrogen-bond donors (Lipinski definition) is 1. The first-order valence-electron chi connectivity index (χ1n) is 6.50. The van der Waals surface area contributed by atoms with Crippen LogP contribution in [0.25, 0.3) is 0 Å². The highest BCUT2D eigenvalue weighted by Crippen LogP contribution is 2.36. The van der Waals surface area contributed by atoms with Crippen LogP contribution in [0.4, 0.5) is 5.69 Å². The van der Waals surface area contributed by atoms with Gasteiger partial charge in [0.1, 0.15) is 5.75 Å². The van der Waals surface area contributed by atoms with Gasteiger partial charge in [0, 0.05) is 12.1 Å². The molecule has 2 heterocycles. The van der Waals surface area contributed by atoms with E-state index >= 15 is 0 Å². The number of ether oxygens (including phenoxy) is 1. The molecule has 90 valence electrons. The maximum absolute atomic E-state index is 5.56. The molecule has 4 rings (SSSR count). The van der Waals surface area contributed by atoms with E-state index in [4.69, 9.17) is 4.74 Å². The Balaban J connectivity index is 1.66. The summed E-state index contributed by atoms with van der Waals surface area (Å²) in [5, 5.41) is 3.60. The molecule has 2 aliphatic heterocycles. The molecule has 1 N–H and O–H groups in total. The maximum atomic E-state index is 5.56. The topological polar surface area (TPSA) is 21.3 Å². The van der Waals surface area contributed by atoms with E-state index in [-0.39, 0.29) is 0 Å². The first-order valence-corrected chi connectivity index (χ1v) is 6.50. The molecular weight excluding hydrogens is 222 g/mol. The number of benzene rings is 2. The molecule has 1 atom stereocenters. The minimum absolute atomic E-state index is 0.410. The summed E-state index contributed by atoms with van der Waals surface area (Å²) < 4.78 is 5.56. The first kappa shape index (κ1) is 10.0. The monoisotopic (exact) mass is 237 g/mol. The molecule has 0 saturated heterocycles. The minimum atomic E-state index is 0.410. The molecular formula is C16H15NO. The Labute approximate surface area is 107 Å². The van der Waals surface area contributed by atoms with E-state index in [0.717, 1.165) is 25.2 Å². The van der Waals surface area contributed by atoms with Crippen molar-refractivity contribution in [3.8, 4) is 5.75 Å². The van der Waals surface area contributed by atoms with Crippen LogP contribution in [0.3, 0.4) is 0 Å². The summed E-state index contributed by atoms with van der Waals surface area (Å²) in [5.41, 5.74) is 5.42. The predicted molar refractivity (Wildman–Crippen MR) is 72.2 cm³/mol. The second-order valence-corrected chi connectivity index (χ2v) is 5.02. The first-order chi connectivity index (χ1) is 8.90. The third-order valence-electron chi connectivity index (χ3n) is 3.89. The average molecular weight is 237 g/mol. The molecule has 0 amide bonds. The fourth-order valence-electron chi connectivity index (χ4n) is 2.92. The number of anilines is 1. The van der Waals surface area contributed by atoms with E-state index < -0.39 is 0 Å². The van der Waals surface area contributed by atoms with Gasteiger partial charge in [0.25, 0.3) is 0 Å². The molecule has 2 nitrogen and oxygen atoms in total. The molecule has 0 saturated carbocycles. The van der Waals surface area contributed by atoms with Gasteiger partial charge in [-0.25, -0.2) is 0 Å². The molecule has 0 spiro atoms. The number of rotatable bonds is 1. The Morgan fingerprint density at radius 2 is 2.00 bits per heavy atom. The third kappa shape index (κ3) is 1.49. The van der Waals surface area contributed by atoms with Crippen molar-refractivity contribution in [2.75, 3.05) is 11.9 Å². The number of nitrogens with one attached hydrogen (secondary N) is 1.